The number of amides is 2. The van der Waals surface area contributed by atoms with E-state index in [1.807, 2.05) is 24.3 Å². The Labute approximate surface area is 259 Å². The van der Waals surface area contributed by atoms with Crippen molar-refractivity contribution in [2.75, 3.05) is 11.9 Å². The molecule has 4 aromatic rings. The van der Waals surface area contributed by atoms with Crippen molar-refractivity contribution in [2.45, 2.75) is 38.8 Å². The van der Waals surface area contributed by atoms with Gasteiger partial charge in [0.2, 0.25) is 5.91 Å². The van der Waals surface area contributed by atoms with Crippen LogP contribution >= 0.6 is 23.2 Å². The molecule has 43 heavy (non-hydrogen) atoms. The molecule has 2 heterocycles. The van der Waals surface area contributed by atoms with Crippen molar-refractivity contribution in [3.05, 3.63) is 111 Å². The van der Waals surface area contributed by atoms with E-state index >= 15 is 0 Å². The Morgan fingerprint density at radius 1 is 1.02 bits per heavy atom. The zero-order chi connectivity index (χ0) is 30.7. The predicted octanol–water partition coefficient (Wildman–Crippen LogP) is 6.31. The van der Waals surface area contributed by atoms with Crippen LogP contribution in [0.3, 0.4) is 0 Å². The van der Waals surface area contributed by atoms with Gasteiger partial charge >= 0.3 is 5.97 Å². The summed E-state index contributed by atoms with van der Waals surface area (Å²) in [6.45, 7) is 5.73. The Balaban J connectivity index is 1.39. The Hall–Kier alpha value is -4.47. The van der Waals surface area contributed by atoms with Gasteiger partial charge in [-0.3, -0.25) is 9.59 Å². The predicted molar refractivity (Wildman–Crippen MR) is 165 cm³/mol. The Morgan fingerprint density at radius 3 is 2.47 bits per heavy atom. The average Bonchev–Trinajstić information content (AvgIpc) is 3.40. The average molecular weight is 619 g/mol. The summed E-state index contributed by atoms with van der Waals surface area (Å²) in [5.41, 5.74) is 3.22. The SMILES string of the molecule is CC(C)(C)OC(=O)c1ccc(NC(=O)C2c3ccccc3CCN2C(=O)C=Cc2cc(Cl)ccc2-n2cc(Cl)nn2)cc1. The van der Waals surface area contributed by atoms with Crippen molar-refractivity contribution in [1.29, 1.82) is 0 Å². The molecule has 0 bridgehead atoms. The molecule has 1 aliphatic heterocycles. The number of carbonyl (C=O) groups excluding carboxylic acids is 3. The Bertz CT molecular complexity index is 1710. The number of halogens is 2. The Kier molecular flexibility index (Phi) is 8.66. The molecule has 11 heteroatoms. The molecule has 5 rings (SSSR count). The minimum absolute atomic E-state index is 0.223. The van der Waals surface area contributed by atoms with Crippen LogP contribution in [0.1, 0.15) is 53.9 Å². The van der Waals surface area contributed by atoms with Crippen LogP contribution in [0, 0.1) is 0 Å². The molecule has 0 saturated heterocycles. The number of nitrogens with zero attached hydrogens (tertiary/aromatic N) is 4. The van der Waals surface area contributed by atoms with Crippen LogP contribution < -0.4 is 5.32 Å². The van der Waals surface area contributed by atoms with E-state index in [0.29, 0.717) is 40.5 Å². The van der Waals surface area contributed by atoms with E-state index in [4.69, 9.17) is 27.9 Å². The fraction of sp³-hybridized carbons (Fsp3) is 0.219. The highest BCUT2D eigenvalue weighted by Crippen LogP contribution is 2.32. The molecule has 0 spiro atoms. The largest absolute Gasteiger partial charge is 0.456 e. The number of hydrogen-bond donors (Lipinski definition) is 1. The van der Waals surface area contributed by atoms with Crippen molar-refractivity contribution in [1.82, 2.24) is 19.9 Å². The van der Waals surface area contributed by atoms with Crippen LogP contribution in [-0.2, 0) is 20.7 Å². The second-order valence-electron chi connectivity index (χ2n) is 11.0. The number of rotatable bonds is 6. The summed E-state index contributed by atoms with van der Waals surface area (Å²) < 4.78 is 6.91. The molecule has 1 unspecified atom stereocenters. The molecular weight excluding hydrogens is 589 g/mol. The van der Waals surface area contributed by atoms with Gasteiger partial charge in [0.15, 0.2) is 5.15 Å². The van der Waals surface area contributed by atoms with Crippen molar-refractivity contribution in [3.63, 3.8) is 0 Å². The molecular formula is C32H29Cl2N5O4. The molecule has 0 aliphatic carbocycles. The number of aromatic nitrogens is 3. The van der Waals surface area contributed by atoms with Gasteiger partial charge in [0.25, 0.3) is 5.91 Å². The van der Waals surface area contributed by atoms with Gasteiger partial charge in [-0.05, 0) is 86.9 Å². The highest BCUT2D eigenvalue weighted by molar-refractivity contribution is 6.30. The van der Waals surface area contributed by atoms with Crippen LogP contribution in [0.4, 0.5) is 5.69 Å². The number of carbonyl (C=O) groups is 3. The smallest absolute Gasteiger partial charge is 0.338 e. The molecule has 2 amide bonds. The molecule has 1 atom stereocenters. The standard InChI is InChI=1S/C32H29Cl2N5O4/c1-32(2,3)43-31(42)21-8-12-24(13-9-21)35-30(41)29-25-7-5-4-6-20(25)16-17-38(29)28(40)15-10-22-18-23(33)11-14-26(22)39-19-27(34)36-37-39/h4-15,18-19,29H,16-17H2,1-3H3,(H,35,41). The second-order valence-corrected chi connectivity index (χ2v) is 11.8. The van der Waals surface area contributed by atoms with Crippen molar-refractivity contribution in [3.8, 4) is 5.69 Å². The maximum Gasteiger partial charge on any atom is 0.338 e. The number of nitrogens with one attached hydrogen (secondary N) is 1. The summed E-state index contributed by atoms with van der Waals surface area (Å²) in [6, 6.07) is 18.3. The third kappa shape index (κ3) is 7.13. The van der Waals surface area contributed by atoms with Crippen LogP contribution in [0.15, 0.2) is 79.0 Å². The van der Waals surface area contributed by atoms with Crippen molar-refractivity contribution in [2.24, 2.45) is 0 Å². The molecule has 3 aromatic carbocycles. The highest BCUT2D eigenvalue weighted by Gasteiger charge is 2.35. The van der Waals surface area contributed by atoms with E-state index in [9.17, 15) is 14.4 Å². The van der Waals surface area contributed by atoms with Crippen LogP contribution in [-0.4, -0.2) is 49.8 Å². The summed E-state index contributed by atoms with van der Waals surface area (Å²) in [4.78, 5) is 41.3. The maximum absolute atomic E-state index is 13.7. The van der Waals surface area contributed by atoms with E-state index < -0.39 is 17.6 Å². The van der Waals surface area contributed by atoms with Gasteiger partial charge in [-0.15, -0.1) is 5.10 Å². The summed E-state index contributed by atoms with van der Waals surface area (Å²) in [5, 5.41) is 11.4. The van der Waals surface area contributed by atoms with Gasteiger partial charge in [0.05, 0.1) is 17.4 Å². The maximum atomic E-state index is 13.7. The van der Waals surface area contributed by atoms with Gasteiger partial charge < -0.3 is 15.0 Å². The van der Waals surface area contributed by atoms with Gasteiger partial charge in [-0.2, -0.15) is 0 Å². The minimum atomic E-state index is -0.874. The van der Waals surface area contributed by atoms with Gasteiger partial charge in [0, 0.05) is 28.9 Å². The lowest BCUT2D eigenvalue weighted by molar-refractivity contribution is -0.135. The fourth-order valence-electron chi connectivity index (χ4n) is 4.81. The van der Waals surface area contributed by atoms with Crippen LogP contribution in [0.25, 0.3) is 11.8 Å². The van der Waals surface area contributed by atoms with Crippen LogP contribution in [0.2, 0.25) is 10.2 Å². The summed E-state index contributed by atoms with van der Waals surface area (Å²) in [5.74, 6) is -1.18. The molecule has 0 fully saturated rings. The van der Waals surface area contributed by atoms with Crippen molar-refractivity contribution < 1.29 is 19.1 Å². The molecule has 1 aromatic heterocycles. The number of esters is 1. The molecule has 220 valence electrons. The molecule has 9 nitrogen and oxygen atoms in total. The monoisotopic (exact) mass is 617 g/mol. The van der Waals surface area contributed by atoms with E-state index in [1.165, 1.54) is 10.8 Å². The van der Waals surface area contributed by atoms with E-state index in [1.54, 1.807) is 80.4 Å². The number of anilines is 1. The highest BCUT2D eigenvalue weighted by atomic mass is 35.5. The zero-order valence-corrected chi connectivity index (χ0v) is 25.3. The first kappa shape index (κ1) is 30.0. The first-order chi connectivity index (χ1) is 20.5. The van der Waals surface area contributed by atoms with E-state index in [0.717, 1.165) is 11.1 Å². The van der Waals surface area contributed by atoms with Gasteiger partial charge in [-0.1, -0.05) is 52.7 Å². The summed E-state index contributed by atoms with van der Waals surface area (Å²) in [7, 11) is 0. The summed E-state index contributed by atoms with van der Waals surface area (Å²) >= 11 is 12.2. The first-order valence-corrected chi connectivity index (χ1v) is 14.3. The van der Waals surface area contributed by atoms with E-state index in [-0.39, 0.29) is 17.0 Å². The molecule has 1 N–H and O–H groups in total. The topological polar surface area (TPSA) is 106 Å². The first-order valence-electron chi connectivity index (χ1n) is 13.6. The third-order valence-electron chi connectivity index (χ3n) is 6.71. The Morgan fingerprint density at radius 2 is 1.77 bits per heavy atom. The number of ether oxygens (including phenoxy) is 1. The lowest BCUT2D eigenvalue weighted by Gasteiger charge is -2.35. The fourth-order valence-corrected chi connectivity index (χ4v) is 5.12. The molecule has 0 saturated carbocycles. The summed E-state index contributed by atoms with van der Waals surface area (Å²) in [6.07, 6.45) is 5.19. The van der Waals surface area contributed by atoms with Crippen molar-refractivity contribution >= 4 is 52.7 Å². The quantitative estimate of drug-likeness (QED) is 0.201. The normalized spacial score (nSPS) is 14.8. The van der Waals surface area contributed by atoms with E-state index in [2.05, 4.69) is 15.6 Å². The second kappa shape index (κ2) is 12.4. The van der Waals surface area contributed by atoms with Gasteiger partial charge in [-0.25, -0.2) is 9.48 Å². The minimum Gasteiger partial charge on any atom is -0.456 e. The van der Waals surface area contributed by atoms with Crippen LogP contribution in [0.5, 0.6) is 0 Å². The number of benzene rings is 3. The molecule has 0 radical (unpaired) electrons. The van der Waals surface area contributed by atoms with Gasteiger partial charge in [0.1, 0.15) is 11.6 Å². The molecule has 1 aliphatic rings. The lowest BCUT2D eigenvalue weighted by atomic mass is 9.91. The third-order valence-corrected chi connectivity index (χ3v) is 7.12. The number of hydrogen-bond acceptors (Lipinski definition) is 6. The number of fused-ring (bicyclic) bond motifs is 1. The lowest BCUT2D eigenvalue weighted by Crippen LogP contribution is -2.44. The zero-order valence-electron chi connectivity index (χ0n) is 23.8.